The molecule has 0 amide bonds. The molecule has 0 spiro atoms. The molecule has 0 aliphatic heterocycles. The van der Waals surface area contributed by atoms with Gasteiger partial charge < -0.3 is 20.7 Å². The van der Waals surface area contributed by atoms with Crippen LogP contribution in [0.1, 0.15) is 42.2 Å². The molecular weight excluding hydrogens is 506 g/mol. The minimum Gasteiger partial charge on any atom is -0.494 e. The Hall–Kier alpha value is -4.45. The number of benzene rings is 1. The maximum Gasteiger partial charge on any atom is 0.250 e. The molecule has 0 fully saturated rings. The zero-order chi connectivity index (χ0) is 27.9. The number of alkyl halides is 2. The first kappa shape index (κ1) is 27.6. The van der Waals surface area contributed by atoms with Crippen LogP contribution in [0.15, 0.2) is 55.1 Å². The number of rotatable bonds is 12. The molecule has 39 heavy (non-hydrogen) atoms. The fourth-order valence-electron chi connectivity index (χ4n) is 3.93. The summed E-state index contributed by atoms with van der Waals surface area (Å²) >= 11 is 0. The minimum atomic E-state index is -2.42. The maximum absolute atomic E-state index is 12.7. The standard InChI is InChI=1S/C27H30F2N8O2/c1-5-22(38)19-13-32-25(35-24-10-9-17(12-31-24)16(2)30-14-23(28)29)11-21(19)34-20-8-6-7-18(26(20)39-4)27-33-15-37(3)36-27/h6-13,15-16,23,30H,5,14H2,1-4H3,(H2,31,32,34,35). The predicted molar refractivity (Wildman–Crippen MR) is 145 cm³/mol. The molecule has 1 atom stereocenters. The molecule has 0 bridgehead atoms. The Morgan fingerprint density at radius 3 is 2.49 bits per heavy atom. The Labute approximate surface area is 224 Å². The number of nitrogens with one attached hydrogen (secondary N) is 3. The molecule has 0 aliphatic rings. The summed E-state index contributed by atoms with van der Waals surface area (Å²) in [4.78, 5) is 25.8. The average molecular weight is 537 g/mol. The lowest BCUT2D eigenvalue weighted by Gasteiger charge is -2.17. The summed E-state index contributed by atoms with van der Waals surface area (Å²) in [6.07, 6.45) is 2.61. The number of aryl methyl sites for hydroxylation is 1. The Bertz CT molecular complexity index is 1430. The second-order valence-electron chi connectivity index (χ2n) is 8.77. The Morgan fingerprint density at radius 2 is 1.85 bits per heavy atom. The van der Waals surface area contributed by atoms with Gasteiger partial charge in [-0.05, 0) is 30.7 Å². The van der Waals surface area contributed by atoms with Crippen LogP contribution < -0.4 is 20.7 Å². The summed E-state index contributed by atoms with van der Waals surface area (Å²) in [5.41, 5.74) is 3.05. The molecule has 0 aliphatic carbocycles. The van der Waals surface area contributed by atoms with E-state index in [1.54, 1.807) is 63.4 Å². The lowest BCUT2D eigenvalue weighted by molar-refractivity contribution is 0.0988. The Kier molecular flexibility index (Phi) is 8.77. The third kappa shape index (κ3) is 6.71. The molecule has 3 N–H and O–H groups in total. The number of carbonyl (C=O) groups is 1. The highest BCUT2D eigenvalue weighted by molar-refractivity contribution is 6.02. The summed E-state index contributed by atoms with van der Waals surface area (Å²) in [6, 6.07) is 10.5. The van der Waals surface area contributed by atoms with Crippen molar-refractivity contribution in [1.82, 2.24) is 30.0 Å². The number of ketones is 1. The van der Waals surface area contributed by atoms with Crippen LogP contribution in [0.4, 0.5) is 31.8 Å². The van der Waals surface area contributed by atoms with E-state index in [2.05, 4.69) is 36.0 Å². The molecular formula is C27H30F2N8O2. The van der Waals surface area contributed by atoms with Gasteiger partial charge in [-0.25, -0.2) is 23.7 Å². The number of aromatic nitrogens is 5. The van der Waals surface area contributed by atoms with Gasteiger partial charge in [0.2, 0.25) is 0 Å². The van der Waals surface area contributed by atoms with Crippen molar-refractivity contribution in [3.8, 4) is 17.1 Å². The van der Waals surface area contributed by atoms with E-state index in [1.807, 2.05) is 18.2 Å². The smallest absolute Gasteiger partial charge is 0.250 e. The number of methoxy groups -OCH3 is 1. The van der Waals surface area contributed by atoms with Crippen LogP contribution in [0.25, 0.3) is 11.4 Å². The van der Waals surface area contributed by atoms with Gasteiger partial charge in [0.05, 0.1) is 36.2 Å². The highest BCUT2D eigenvalue weighted by Crippen LogP contribution is 2.37. The number of halogens is 2. The van der Waals surface area contributed by atoms with Crippen LogP contribution in [-0.2, 0) is 7.05 Å². The van der Waals surface area contributed by atoms with Crippen molar-refractivity contribution in [2.75, 3.05) is 24.3 Å². The second kappa shape index (κ2) is 12.4. The van der Waals surface area contributed by atoms with Gasteiger partial charge in [0.25, 0.3) is 6.43 Å². The highest BCUT2D eigenvalue weighted by atomic mass is 19.3. The van der Waals surface area contributed by atoms with E-state index < -0.39 is 13.0 Å². The van der Waals surface area contributed by atoms with Gasteiger partial charge in [-0.1, -0.05) is 19.1 Å². The zero-order valence-electron chi connectivity index (χ0n) is 22.1. The van der Waals surface area contributed by atoms with Crippen LogP contribution in [0.5, 0.6) is 5.75 Å². The van der Waals surface area contributed by atoms with Gasteiger partial charge in [0, 0.05) is 38.0 Å². The molecule has 0 saturated carbocycles. The fraction of sp³-hybridized carbons (Fsp3) is 0.296. The molecule has 1 unspecified atom stereocenters. The van der Waals surface area contributed by atoms with Crippen LogP contribution in [-0.4, -0.2) is 50.6 Å². The normalized spacial score (nSPS) is 11.9. The van der Waals surface area contributed by atoms with Crippen molar-refractivity contribution < 1.29 is 18.3 Å². The van der Waals surface area contributed by atoms with Crippen molar-refractivity contribution in [2.45, 2.75) is 32.7 Å². The van der Waals surface area contributed by atoms with Gasteiger partial charge in [0.15, 0.2) is 17.4 Å². The highest BCUT2D eigenvalue weighted by Gasteiger charge is 2.18. The maximum atomic E-state index is 12.7. The first-order valence-corrected chi connectivity index (χ1v) is 12.4. The van der Waals surface area contributed by atoms with Gasteiger partial charge in [-0.15, -0.1) is 0 Å². The van der Waals surface area contributed by atoms with Crippen molar-refractivity contribution in [1.29, 1.82) is 0 Å². The van der Waals surface area contributed by atoms with E-state index in [0.717, 1.165) is 5.56 Å². The molecule has 204 valence electrons. The van der Waals surface area contributed by atoms with E-state index >= 15 is 0 Å². The van der Waals surface area contributed by atoms with E-state index in [9.17, 15) is 13.6 Å². The van der Waals surface area contributed by atoms with Gasteiger partial charge in [-0.2, -0.15) is 5.10 Å². The molecule has 1 aromatic carbocycles. The van der Waals surface area contributed by atoms with E-state index in [-0.39, 0.29) is 11.8 Å². The lowest BCUT2D eigenvalue weighted by Crippen LogP contribution is -2.24. The summed E-state index contributed by atoms with van der Waals surface area (Å²) in [5.74, 6) is 1.92. The Balaban J connectivity index is 1.61. The number of Topliss-reactive ketones (excluding diaryl/α,β-unsaturated/α-hetero) is 1. The molecule has 0 radical (unpaired) electrons. The summed E-state index contributed by atoms with van der Waals surface area (Å²) < 4.78 is 32.3. The number of hydrogen-bond donors (Lipinski definition) is 3. The fourth-order valence-corrected chi connectivity index (χ4v) is 3.93. The molecule has 12 heteroatoms. The molecule has 10 nitrogen and oxygen atoms in total. The summed E-state index contributed by atoms with van der Waals surface area (Å²) in [7, 11) is 3.34. The van der Waals surface area contributed by atoms with Gasteiger partial charge in [-0.3, -0.25) is 9.48 Å². The summed E-state index contributed by atoms with van der Waals surface area (Å²) in [6.45, 7) is 3.19. The third-order valence-corrected chi connectivity index (χ3v) is 5.98. The van der Waals surface area contributed by atoms with Crippen molar-refractivity contribution in [3.05, 3.63) is 66.2 Å². The molecule has 4 rings (SSSR count). The molecule has 0 saturated heterocycles. The van der Waals surface area contributed by atoms with E-state index in [4.69, 9.17) is 4.74 Å². The number of para-hydroxylation sites is 1. The first-order valence-electron chi connectivity index (χ1n) is 12.4. The number of carbonyl (C=O) groups excluding carboxylic acids is 1. The zero-order valence-corrected chi connectivity index (χ0v) is 22.1. The number of pyridine rings is 2. The minimum absolute atomic E-state index is 0.0779. The largest absolute Gasteiger partial charge is 0.494 e. The third-order valence-electron chi connectivity index (χ3n) is 5.98. The van der Waals surface area contributed by atoms with E-state index in [1.165, 1.54) is 6.20 Å². The quantitative estimate of drug-likeness (QED) is 0.208. The van der Waals surface area contributed by atoms with Crippen LogP contribution in [0, 0.1) is 0 Å². The number of anilines is 4. The van der Waals surface area contributed by atoms with Crippen molar-refractivity contribution in [3.63, 3.8) is 0 Å². The van der Waals surface area contributed by atoms with Crippen molar-refractivity contribution in [2.24, 2.45) is 7.05 Å². The number of ether oxygens (including phenoxy) is 1. The average Bonchev–Trinajstić information content (AvgIpc) is 3.37. The molecule has 4 aromatic rings. The number of nitrogens with zero attached hydrogens (tertiary/aromatic N) is 5. The first-order chi connectivity index (χ1) is 18.8. The SMILES string of the molecule is CCC(=O)c1cnc(Nc2ccc(C(C)NCC(F)F)cn2)cc1Nc1cccc(-c2ncn(C)n2)c1OC. The van der Waals surface area contributed by atoms with E-state index in [0.29, 0.717) is 52.1 Å². The van der Waals surface area contributed by atoms with Gasteiger partial charge >= 0.3 is 0 Å². The Morgan fingerprint density at radius 1 is 1.05 bits per heavy atom. The topological polar surface area (TPSA) is 119 Å². The predicted octanol–water partition coefficient (Wildman–Crippen LogP) is 5.28. The van der Waals surface area contributed by atoms with Gasteiger partial charge in [0.1, 0.15) is 18.0 Å². The summed E-state index contributed by atoms with van der Waals surface area (Å²) in [5, 5.41) is 13.6. The van der Waals surface area contributed by atoms with Crippen LogP contribution >= 0.6 is 0 Å². The second-order valence-corrected chi connectivity index (χ2v) is 8.77. The monoisotopic (exact) mass is 536 g/mol. The van der Waals surface area contributed by atoms with Crippen LogP contribution in [0.3, 0.4) is 0 Å². The lowest BCUT2D eigenvalue weighted by atomic mass is 10.1. The van der Waals surface area contributed by atoms with Crippen molar-refractivity contribution >= 4 is 28.8 Å². The molecule has 3 aromatic heterocycles. The number of hydrogen-bond acceptors (Lipinski definition) is 9. The van der Waals surface area contributed by atoms with Crippen LogP contribution in [0.2, 0.25) is 0 Å². The molecule has 3 heterocycles.